The number of nitrogens with zero attached hydrogens (tertiary/aromatic N) is 3. The van der Waals surface area contributed by atoms with E-state index >= 15 is 0 Å². The van der Waals surface area contributed by atoms with Crippen molar-refractivity contribution in [1.82, 2.24) is 14.8 Å². The highest BCUT2D eigenvalue weighted by atomic mass is 79.9. The third-order valence-electron chi connectivity index (χ3n) is 3.97. The van der Waals surface area contributed by atoms with Gasteiger partial charge in [0.15, 0.2) is 11.0 Å². The molecule has 0 aliphatic heterocycles. The Labute approximate surface area is 170 Å². The molecule has 0 radical (unpaired) electrons. The van der Waals surface area contributed by atoms with Crippen LogP contribution in [0.1, 0.15) is 12.5 Å². The lowest BCUT2D eigenvalue weighted by Crippen LogP contribution is -2.15. The predicted octanol–water partition coefficient (Wildman–Crippen LogP) is 4.47. The molecule has 3 aromatic rings. The van der Waals surface area contributed by atoms with Crippen LogP contribution in [0.4, 0.5) is 5.69 Å². The third-order valence-corrected chi connectivity index (χ3v) is 5.43. The Balaban J connectivity index is 1.71. The fourth-order valence-corrected chi connectivity index (χ4v) is 3.90. The highest BCUT2D eigenvalue weighted by molar-refractivity contribution is 9.10. The number of carbonyl (C=O) groups excluding carboxylic acids is 1. The van der Waals surface area contributed by atoms with Crippen molar-refractivity contribution < 1.29 is 9.90 Å². The van der Waals surface area contributed by atoms with Gasteiger partial charge in [0, 0.05) is 16.7 Å². The van der Waals surface area contributed by atoms with Crippen LogP contribution in [-0.4, -0.2) is 31.5 Å². The van der Waals surface area contributed by atoms with Gasteiger partial charge >= 0.3 is 0 Å². The lowest BCUT2D eigenvalue weighted by Gasteiger charge is -2.10. The molecule has 0 spiro atoms. The van der Waals surface area contributed by atoms with Gasteiger partial charge in [-0.3, -0.25) is 4.79 Å². The van der Waals surface area contributed by atoms with E-state index in [1.165, 1.54) is 11.8 Å². The smallest absolute Gasteiger partial charge is 0.234 e. The first-order chi connectivity index (χ1) is 13.0. The van der Waals surface area contributed by atoms with Crippen molar-refractivity contribution in [3.63, 3.8) is 0 Å². The molecule has 0 saturated carbocycles. The van der Waals surface area contributed by atoms with Gasteiger partial charge in [-0.2, -0.15) is 0 Å². The number of aromatic nitrogens is 3. The Morgan fingerprint density at radius 3 is 2.74 bits per heavy atom. The number of phenols is 1. The first-order valence-electron chi connectivity index (χ1n) is 8.40. The average molecular weight is 447 g/mol. The predicted molar refractivity (Wildman–Crippen MR) is 111 cm³/mol. The maximum atomic E-state index is 12.3. The Kier molecular flexibility index (Phi) is 6.18. The van der Waals surface area contributed by atoms with Crippen LogP contribution in [0.15, 0.2) is 52.1 Å². The topological polar surface area (TPSA) is 80.0 Å². The number of hydrogen-bond acceptors (Lipinski definition) is 5. The van der Waals surface area contributed by atoms with Crippen LogP contribution in [-0.2, 0) is 11.3 Å². The number of carbonyl (C=O) groups is 1. The molecule has 0 atom stereocenters. The number of phenolic OH excluding ortho intramolecular Hbond substituents is 1. The number of benzene rings is 2. The van der Waals surface area contributed by atoms with Crippen molar-refractivity contribution in [2.75, 3.05) is 11.1 Å². The second-order valence-corrected chi connectivity index (χ2v) is 7.72. The molecule has 3 rings (SSSR count). The summed E-state index contributed by atoms with van der Waals surface area (Å²) in [5.74, 6) is 0.844. The van der Waals surface area contributed by atoms with Crippen LogP contribution in [0, 0.1) is 6.92 Å². The minimum Gasteiger partial charge on any atom is -0.507 e. The molecule has 0 aliphatic carbocycles. The fourth-order valence-electron chi connectivity index (χ4n) is 2.63. The molecule has 1 aromatic heterocycles. The molecular weight excluding hydrogens is 428 g/mol. The zero-order valence-corrected chi connectivity index (χ0v) is 17.3. The lowest BCUT2D eigenvalue weighted by atomic mass is 10.2. The van der Waals surface area contributed by atoms with E-state index in [0.29, 0.717) is 23.1 Å². The zero-order chi connectivity index (χ0) is 19.4. The lowest BCUT2D eigenvalue weighted by molar-refractivity contribution is -0.113. The van der Waals surface area contributed by atoms with Crippen molar-refractivity contribution in [3.8, 4) is 17.1 Å². The van der Waals surface area contributed by atoms with Crippen molar-refractivity contribution in [2.24, 2.45) is 0 Å². The van der Waals surface area contributed by atoms with Crippen molar-refractivity contribution in [2.45, 2.75) is 25.5 Å². The molecule has 0 bridgehead atoms. The summed E-state index contributed by atoms with van der Waals surface area (Å²) in [6, 6.07) is 12.7. The summed E-state index contributed by atoms with van der Waals surface area (Å²) in [5.41, 5.74) is 2.39. The normalized spacial score (nSPS) is 10.8. The monoisotopic (exact) mass is 446 g/mol. The van der Waals surface area contributed by atoms with E-state index in [9.17, 15) is 9.90 Å². The quantitative estimate of drug-likeness (QED) is 0.545. The number of rotatable bonds is 6. The standard InChI is InChI=1S/C19H19BrN4O2S/c1-3-24-18(14-6-4-5-7-16(14)25)22-23-19(24)27-11-17(26)21-15-9-8-13(20)10-12(15)2/h4-10,25H,3,11H2,1-2H3,(H,21,26). The fraction of sp³-hybridized carbons (Fsp3) is 0.211. The Hall–Kier alpha value is -2.32. The van der Waals surface area contributed by atoms with Crippen molar-refractivity contribution in [3.05, 3.63) is 52.5 Å². The number of thioether (sulfide) groups is 1. The van der Waals surface area contributed by atoms with Gasteiger partial charge < -0.3 is 15.0 Å². The highest BCUT2D eigenvalue weighted by Gasteiger charge is 2.17. The number of halogens is 1. The maximum Gasteiger partial charge on any atom is 0.234 e. The molecular formula is C19H19BrN4O2S. The summed E-state index contributed by atoms with van der Waals surface area (Å²) in [5, 5.41) is 22.0. The van der Waals surface area contributed by atoms with E-state index in [1.54, 1.807) is 18.2 Å². The average Bonchev–Trinajstić information content (AvgIpc) is 3.05. The zero-order valence-electron chi connectivity index (χ0n) is 14.9. The van der Waals surface area contributed by atoms with Crippen LogP contribution >= 0.6 is 27.7 Å². The summed E-state index contributed by atoms with van der Waals surface area (Å²) in [6.07, 6.45) is 0. The summed E-state index contributed by atoms with van der Waals surface area (Å²) in [6.45, 7) is 4.55. The molecule has 140 valence electrons. The molecule has 0 unspecified atom stereocenters. The number of para-hydroxylation sites is 1. The number of hydrogen-bond donors (Lipinski definition) is 2. The molecule has 8 heteroatoms. The van der Waals surface area contributed by atoms with Gasteiger partial charge in [0.05, 0.1) is 11.3 Å². The number of anilines is 1. The molecule has 2 aromatic carbocycles. The molecule has 0 aliphatic rings. The van der Waals surface area contributed by atoms with Gasteiger partial charge in [-0.05, 0) is 49.7 Å². The van der Waals surface area contributed by atoms with Crippen LogP contribution < -0.4 is 5.32 Å². The third kappa shape index (κ3) is 4.51. The number of aryl methyl sites for hydroxylation is 1. The van der Waals surface area contributed by atoms with Crippen molar-refractivity contribution in [1.29, 1.82) is 0 Å². The Morgan fingerprint density at radius 1 is 1.26 bits per heavy atom. The number of aromatic hydroxyl groups is 1. The van der Waals surface area contributed by atoms with Crippen LogP contribution in [0.25, 0.3) is 11.4 Å². The van der Waals surface area contributed by atoms with E-state index in [2.05, 4.69) is 31.4 Å². The van der Waals surface area contributed by atoms with Crippen molar-refractivity contribution >= 4 is 39.3 Å². The summed E-state index contributed by atoms with van der Waals surface area (Å²) < 4.78 is 2.86. The van der Waals surface area contributed by atoms with E-state index < -0.39 is 0 Å². The van der Waals surface area contributed by atoms with Gasteiger partial charge in [-0.15, -0.1) is 10.2 Å². The van der Waals surface area contributed by atoms with E-state index in [4.69, 9.17) is 0 Å². The second-order valence-electron chi connectivity index (χ2n) is 5.86. The molecule has 27 heavy (non-hydrogen) atoms. The van der Waals surface area contributed by atoms with Gasteiger partial charge in [-0.25, -0.2) is 0 Å². The first-order valence-corrected chi connectivity index (χ1v) is 10.2. The molecule has 1 heterocycles. The summed E-state index contributed by atoms with van der Waals surface area (Å²) in [4.78, 5) is 12.3. The van der Waals surface area contributed by atoms with Gasteiger partial charge in [0.25, 0.3) is 0 Å². The van der Waals surface area contributed by atoms with Crippen LogP contribution in [0.3, 0.4) is 0 Å². The van der Waals surface area contributed by atoms with Crippen LogP contribution in [0.5, 0.6) is 5.75 Å². The minimum absolute atomic E-state index is 0.111. The van der Waals surface area contributed by atoms with E-state index in [1.807, 2.05) is 42.7 Å². The molecule has 2 N–H and O–H groups in total. The first kappa shape index (κ1) is 19.4. The maximum absolute atomic E-state index is 12.3. The largest absolute Gasteiger partial charge is 0.507 e. The Bertz CT molecular complexity index is 974. The van der Waals surface area contributed by atoms with E-state index in [-0.39, 0.29) is 17.4 Å². The molecule has 0 fully saturated rings. The van der Waals surface area contributed by atoms with Gasteiger partial charge in [0.1, 0.15) is 5.75 Å². The molecule has 0 saturated heterocycles. The van der Waals surface area contributed by atoms with Gasteiger partial charge in [-0.1, -0.05) is 39.8 Å². The molecule has 6 nitrogen and oxygen atoms in total. The second kappa shape index (κ2) is 8.58. The minimum atomic E-state index is -0.111. The van der Waals surface area contributed by atoms with E-state index in [0.717, 1.165) is 15.7 Å². The SMILES string of the molecule is CCn1c(SCC(=O)Nc2ccc(Br)cc2C)nnc1-c1ccccc1O. The van der Waals surface area contributed by atoms with Crippen LogP contribution in [0.2, 0.25) is 0 Å². The van der Waals surface area contributed by atoms with Gasteiger partial charge in [0.2, 0.25) is 5.91 Å². The summed E-state index contributed by atoms with van der Waals surface area (Å²) in [7, 11) is 0. The summed E-state index contributed by atoms with van der Waals surface area (Å²) >= 11 is 4.73. The number of amides is 1. The number of nitrogens with one attached hydrogen (secondary N) is 1. The Morgan fingerprint density at radius 2 is 2.04 bits per heavy atom. The highest BCUT2D eigenvalue weighted by Crippen LogP contribution is 2.30. The molecule has 1 amide bonds.